The molecule has 186 valence electrons. The molecule has 0 spiro atoms. The van der Waals surface area contributed by atoms with Gasteiger partial charge in [0.1, 0.15) is 0 Å². The Kier molecular flexibility index (Phi) is 4.95. The topological polar surface area (TPSA) is 63.7 Å². The van der Waals surface area contributed by atoms with Gasteiger partial charge < -0.3 is 9.64 Å². The molecule has 5 nitrogen and oxygen atoms in total. The first-order chi connectivity index (χ1) is 17.8. The van der Waals surface area contributed by atoms with E-state index < -0.39 is 24.0 Å². The van der Waals surface area contributed by atoms with E-state index in [2.05, 4.69) is 6.92 Å². The Morgan fingerprint density at radius 3 is 2.51 bits per heavy atom. The molecule has 2 fully saturated rings. The first-order valence-corrected chi connectivity index (χ1v) is 12.8. The third kappa shape index (κ3) is 3.61. The molecule has 0 amide bonds. The van der Waals surface area contributed by atoms with Crippen molar-refractivity contribution in [2.24, 2.45) is 17.3 Å². The standard InChI is InChI=1S/C30H37NO4/c1-18(32)30(35-19(2)33)15-14-27-25-12-8-21-16-23(34)11-13-24(21)28(25)26(17-29(27,30)3)20-6-9-22(10-7-20)31(4)5/h6-7,9-10,16,25-27H,8,11-15,17H2,1-5H3/t25-,26+,27-,29-,30-/m0/s1/i4D3. The van der Waals surface area contributed by atoms with E-state index in [-0.39, 0.29) is 29.3 Å². The number of carbonyl (C=O) groups excluding carboxylic acids is 3. The minimum Gasteiger partial charge on any atom is -0.451 e. The number of esters is 1. The average Bonchev–Trinajstić information content (AvgIpc) is 3.14. The molecule has 0 unspecified atom stereocenters. The molecule has 0 aromatic heterocycles. The van der Waals surface area contributed by atoms with Crippen molar-refractivity contribution in [3.05, 3.63) is 52.6 Å². The Hall–Kier alpha value is -2.69. The van der Waals surface area contributed by atoms with Crippen LogP contribution in [0.4, 0.5) is 5.69 Å². The van der Waals surface area contributed by atoms with E-state index in [1.54, 1.807) is 14.0 Å². The SMILES string of the molecule is [2H]C([2H])([2H])N(C)c1ccc([C@H]2C[C@@]3(C)[C@@H](CC[C@]3(OC(C)=O)C(C)=O)[C@@H]3CCC4=CC(=O)CCC4=C32)cc1. The molecule has 0 aliphatic heterocycles. The smallest absolute Gasteiger partial charge is 0.303 e. The van der Waals surface area contributed by atoms with Gasteiger partial charge in [0.25, 0.3) is 0 Å². The van der Waals surface area contributed by atoms with Crippen LogP contribution in [0.1, 0.15) is 81.3 Å². The van der Waals surface area contributed by atoms with Crippen molar-refractivity contribution in [1.29, 1.82) is 0 Å². The summed E-state index contributed by atoms with van der Waals surface area (Å²) in [7, 11) is 1.56. The quantitative estimate of drug-likeness (QED) is 0.532. The first kappa shape index (κ1) is 20.5. The average molecular weight is 479 g/mol. The highest BCUT2D eigenvalue weighted by Gasteiger charge is 2.67. The lowest BCUT2D eigenvalue weighted by atomic mass is 9.50. The third-order valence-corrected chi connectivity index (χ3v) is 9.42. The molecule has 5 rings (SSSR count). The summed E-state index contributed by atoms with van der Waals surface area (Å²) in [4.78, 5) is 39.1. The second-order valence-corrected chi connectivity index (χ2v) is 11.2. The zero-order valence-electron chi connectivity index (χ0n) is 24.1. The van der Waals surface area contributed by atoms with Crippen molar-refractivity contribution in [3.63, 3.8) is 0 Å². The summed E-state index contributed by atoms with van der Waals surface area (Å²) in [5, 5.41) is 0. The molecule has 4 aliphatic carbocycles. The van der Waals surface area contributed by atoms with Crippen LogP contribution in [0.2, 0.25) is 0 Å². The second-order valence-electron chi connectivity index (χ2n) is 11.2. The molecular weight excluding hydrogens is 438 g/mol. The van der Waals surface area contributed by atoms with Crippen LogP contribution in [0.3, 0.4) is 0 Å². The normalized spacial score (nSPS) is 35.5. The van der Waals surface area contributed by atoms with Crippen molar-refractivity contribution in [2.45, 2.75) is 77.2 Å². The van der Waals surface area contributed by atoms with E-state index >= 15 is 0 Å². The maximum absolute atomic E-state index is 13.2. The third-order valence-electron chi connectivity index (χ3n) is 9.42. The van der Waals surface area contributed by atoms with Gasteiger partial charge in [0.15, 0.2) is 17.2 Å². The van der Waals surface area contributed by atoms with Crippen molar-refractivity contribution in [3.8, 4) is 0 Å². The highest BCUT2D eigenvalue weighted by molar-refractivity contribution is 5.93. The molecule has 5 atom stereocenters. The van der Waals surface area contributed by atoms with Gasteiger partial charge in [-0.2, -0.15) is 0 Å². The fourth-order valence-electron chi connectivity index (χ4n) is 7.94. The molecule has 1 aromatic rings. The zero-order chi connectivity index (χ0) is 27.6. The highest BCUT2D eigenvalue weighted by atomic mass is 16.6. The van der Waals surface area contributed by atoms with E-state index in [1.807, 2.05) is 30.3 Å². The van der Waals surface area contributed by atoms with Gasteiger partial charge in [-0.15, -0.1) is 0 Å². The molecule has 0 heterocycles. The van der Waals surface area contributed by atoms with Crippen molar-refractivity contribution in [2.75, 3.05) is 18.9 Å². The molecule has 2 saturated carbocycles. The predicted octanol–water partition coefficient (Wildman–Crippen LogP) is 5.54. The largest absolute Gasteiger partial charge is 0.451 e. The summed E-state index contributed by atoms with van der Waals surface area (Å²) < 4.78 is 29.2. The predicted molar refractivity (Wildman–Crippen MR) is 136 cm³/mol. The molecule has 35 heavy (non-hydrogen) atoms. The van der Waals surface area contributed by atoms with Gasteiger partial charge in [0, 0.05) is 48.5 Å². The molecule has 5 heteroatoms. The number of carbonyl (C=O) groups is 3. The summed E-state index contributed by atoms with van der Waals surface area (Å²) in [6, 6.07) is 7.69. The zero-order valence-corrected chi connectivity index (χ0v) is 21.1. The summed E-state index contributed by atoms with van der Waals surface area (Å²) >= 11 is 0. The van der Waals surface area contributed by atoms with Crippen LogP contribution in [-0.4, -0.2) is 37.2 Å². The van der Waals surface area contributed by atoms with Gasteiger partial charge in [-0.1, -0.05) is 24.6 Å². The van der Waals surface area contributed by atoms with Crippen molar-refractivity contribution in [1.82, 2.24) is 0 Å². The molecule has 0 saturated heterocycles. The second kappa shape index (κ2) is 8.46. The molecule has 0 bridgehead atoms. The summed E-state index contributed by atoms with van der Waals surface area (Å²) in [6.45, 7) is 2.82. The Labute approximate surface area is 212 Å². The minimum absolute atomic E-state index is 0.0207. The minimum atomic E-state index is -2.24. The van der Waals surface area contributed by atoms with Gasteiger partial charge in [0.2, 0.25) is 0 Å². The highest BCUT2D eigenvalue weighted by Crippen LogP contribution is 2.67. The molecule has 0 N–H and O–H groups in total. The number of rotatable bonds is 4. The monoisotopic (exact) mass is 478 g/mol. The number of hydrogen-bond donors (Lipinski definition) is 0. The fraction of sp³-hybridized carbons (Fsp3) is 0.567. The summed E-state index contributed by atoms with van der Waals surface area (Å²) in [5.41, 5.74) is 3.79. The summed E-state index contributed by atoms with van der Waals surface area (Å²) in [5.74, 6) is 0.0719. The van der Waals surface area contributed by atoms with E-state index in [9.17, 15) is 14.4 Å². The number of nitrogens with zero attached hydrogens (tertiary/aromatic N) is 1. The van der Waals surface area contributed by atoms with Crippen LogP contribution in [0.25, 0.3) is 0 Å². The maximum Gasteiger partial charge on any atom is 0.303 e. The molecule has 4 aliphatic rings. The van der Waals surface area contributed by atoms with Crippen molar-refractivity contribution >= 4 is 23.2 Å². The lowest BCUT2D eigenvalue weighted by Gasteiger charge is -2.55. The van der Waals surface area contributed by atoms with E-state index in [4.69, 9.17) is 8.85 Å². The van der Waals surface area contributed by atoms with Gasteiger partial charge in [-0.3, -0.25) is 14.4 Å². The van der Waals surface area contributed by atoms with E-state index in [0.717, 1.165) is 36.8 Å². The van der Waals surface area contributed by atoms with Gasteiger partial charge >= 0.3 is 5.97 Å². The maximum atomic E-state index is 13.2. The number of anilines is 1. The first-order valence-electron chi connectivity index (χ1n) is 14.3. The number of ketones is 2. The molecular formula is C30H37NO4. The van der Waals surface area contributed by atoms with Gasteiger partial charge in [0.05, 0.1) is 0 Å². The number of allylic oxidation sites excluding steroid dienone is 4. The van der Waals surface area contributed by atoms with Crippen LogP contribution in [0.5, 0.6) is 0 Å². The van der Waals surface area contributed by atoms with Crippen LogP contribution in [0.15, 0.2) is 47.1 Å². The van der Waals surface area contributed by atoms with Gasteiger partial charge in [-0.05, 0) is 92.2 Å². The fourth-order valence-corrected chi connectivity index (χ4v) is 7.94. The lowest BCUT2D eigenvalue weighted by Crippen LogP contribution is -2.57. The molecule has 1 aromatic carbocycles. The Balaban J connectivity index is 1.65. The van der Waals surface area contributed by atoms with Crippen LogP contribution in [-0.2, 0) is 19.1 Å². The number of fused-ring (bicyclic) bond motifs is 4. The van der Waals surface area contributed by atoms with E-state index in [0.29, 0.717) is 24.9 Å². The Morgan fingerprint density at radius 1 is 1.11 bits per heavy atom. The van der Waals surface area contributed by atoms with Gasteiger partial charge in [-0.25, -0.2) is 0 Å². The lowest BCUT2D eigenvalue weighted by molar-refractivity contribution is -0.182. The number of ether oxygens (including phenoxy) is 1. The van der Waals surface area contributed by atoms with E-state index in [1.165, 1.54) is 23.0 Å². The van der Waals surface area contributed by atoms with Crippen LogP contribution >= 0.6 is 0 Å². The van der Waals surface area contributed by atoms with Crippen molar-refractivity contribution < 1.29 is 23.2 Å². The number of benzene rings is 1. The number of Topliss-reactive ketones (excluding diaryl/α,β-unsaturated/α-hetero) is 1. The summed E-state index contributed by atoms with van der Waals surface area (Å²) in [6.07, 6.45) is 6.82. The molecule has 0 radical (unpaired) electrons. The van der Waals surface area contributed by atoms with Crippen LogP contribution < -0.4 is 4.90 Å². The Bertz CT molecular complexity index is 1250. The van der Waals surface area contributed by atoms with Crippen LogP contribution in [0, 0.1) is 17.3 Å². The number of hydrogen-bond acceptors (Lipinski definition) is 5. The Morgan fingerprint density at radius 2 is 1.86 bits per heavy atom.